The van der Waals surface area contributed by atoms with Crippen LogP contribution in [0.15, 0.2) is 12.7 Å². The molecule has 0 unspecified atom stereocenters. The molecule has 0 aromatic heterocycles. The van der Waals surface area contributed by atoms with Gasteiger partial charge in [-0.25, -0.2) is 4.79 Å². The molecule has 54 valence electrons. The molecule has 10 heavy (non-hydrogen) atoms. The zero-order valence-corrected chi connectivity index (χ0v) is 10.2. The summed E-state index contributed by atoms with van der Waals surface area (Å²) in [6.07, 6.45) is 1.16. The van der Waals surface area contributed by atoms with Crippen LogP contribution in [0, 0.1) is 0 Å². The first-order valence-electron chi connectivity index (χ1n) is 2.81. The van der Waals surface area contributed by atoms with Gasteiger partial charge >= 0.3 is 57.4 Å². The molecule has 0 heterocycles. The van der Waals surface area contributed by atoms with Crippen LogP contribution in [0.3, 0.4) is 0 Å². The molecule has 0 atom stereocenters. The van der Waals surface area contributed by atoms with E-state index in [1.165, 1.54) is 0 Å². The molecule has 2 nitrogen and oxygen atoms in total. The van der Waals surface area contributed by atoms with Crippen molar-refractivity contribution >= 4 is 5.97 Å². The Labute approximate surface area is 106 Å². The van der Waals surface area contributed by atoms with Gasteiger partial charge in [-0.2, -0.15) is 0 Å². The van der Waals surface area contributed by atoms with Crippen LogP contribution < -0.4 is 51.4 Å². The first kappa shape index (κ1) is 13.4. The largest absolute Gasteiger partial charge is 1.00 e. The third kappa shape index (κ3) is 8.85. The first-order chi connectivity index (χ1) is 3.95. The zero-order valence-electron chi connectivity index (χ0n) is 8.10. The number of rotatable bonds is 1. The minimum atomic E-state index is -0.398. The quantitative estimate of drug-likeness (QED) is 0.274. The van der Waals surface area contributed by atoms with Gasteiger partial charge in [-0.05, 0) is 20.8 Å². The number of ether oxygens (including phenoxy) is 1. The van der Waals surface area contributed by atoms with Gasteiger partial charge in [0.15, 0.2) is 0 Å². The van der Waals surface area contributed by atoms with E-state index in [0.29, 0.717) is 0 Å². The third-order valence-electron chi connectivity index (χ3n) is 0.573. The molecule has 0 aliphatic rings. The molecule has 0 bridgehead atoms. The van der Waals surface area contributed by atoms with Crippen molar-refractivity contribution in [3.8, 4) is 0 Å². The molecule has 3 heteroatoms. The van der Waals surface area contributed by atoms with E-state index in [-0.39, 0.29) is 58.8 Å². The van der Waals surface area contributed by atoms with Gasteiger partial charge < -0.3 is 6.16 Å². The molecule has 0 spiro atoms. The average molecular weight is 168 g/mol. The summed E-state index contributed by atoms with van der Waals surface area (Å²) in [6, 6.07) is 0. The molecule has 0 aliphatic heterocycles. The van der Waals surface area contributed by atoms with Gasteiger partial charge in [0.25, 0.3) is 0 Å². The van der Waals surface area contributed by atoms with Crippen molar-refractivity contribution in [1.82, 2.24) is 0 Å². The predicted molar refractivity (Wildman–Crippen MR) is 37.2 cm³/mol. The van der Waals surface area contributed by atoms with Crippen molar-refractivity contribution in [2.24, 2.45) is 0 Å². The second-order valence-corrected chi connectivity index (χ2v) is 2.74. The third-order valence-corrected chi connectivity index (χ3v) is 0.573. The molecule has 0 aliphatic carbocycles. The normalized spacial score (nSPS) is 9.50. The summed E-state index contributed by atoms with van der Waals surface area (Å²) in [6.45, 7) is 8.71. The van der Waals surface area contributed by atoms with Crippen LogP contribution in [0.1, 0.15) is 22.2 Å². The fraction of sp³-hybridized carbons (Fsp3) is 0.571. The second-order valence-electron chi connectivity index (χ2n) is 2.74. The van der Waals surface area contributed by atoms with E-state index in [4.69, 9.17) is 4.74 Å². The Balaban J connectivity index is -0.000000320. The smallest absolute Gasteiger partial charge is 1.00 e. The van der Waals surface area contributed by atoms with E-state index in [2.05, 4.69) is 6.58 Å². The predicted octanol–water partition coefficient (Wildman–Crippen LogP) is -1.37. The number of esters is 1. The van der Waals surface area contributed by atoms with Crippen LogP contribution in [0.2, 0.25) is 0 Å². The first-order valence-corrected chi connectivity index (χ1v) is 2.81. The molecular weight excluding hydrogens is 155 g/mol. The zero-order chi connectivity index (χ0) is 7.49. The number of carbonyl (C=O) groups is 1. The molecule has 0 aromatic rings. The minimum Gasteiger partial charge on any atom is -1.00 e. The van der Waals surface area contributed by atoms with Crippen molar-refractivity contribution < 1.29 is 62.3 Å². The summed E-state index contributed by atoms with van der Waals surface area (Å²) in [5.74, 6) is -0.373. The Hall–Kier alpha value is 0.846. The summed E-state index contributed by atoms with van der Waals surface area (Å²) in [4.78, 5) is 10.5. The Kier molecular flexibility index (Phi) is 7.38. The molecule has 0 saturated carbocycles. The number of hydrogen-bond donors (Lipinski definition) is 0. The van der Waals surface area contributed by atoms with Crippen molar-refractivity contribution in [1.29, 1.82) is 0 Å². The Morgan fingerprint density at radius 2 is 2.00 bits per heavy atom. The van der Waals surface area contributed by atoms with Crippen molar-refractivity contribution in [3.63, 3.8) is 0 Å². The van der Waals surface area contributed by atoms with Crippen LogP contribution in [0.25, 0.3) is 0 Å². The van der Waals surface area contributed by atoms with E-state index in [1.807, 2.05) is 20.8 Å². The maximum Gasteiger partial charge on any atom is 1.00 e. The van der Waals surface area contributed by atoms with E-state index in [1.54, 1.807) is 0 Å². The van der Waals surface area contributed by atoms with Crippen LogP contribution >= 0.6 is 0 Å². The summed E-state index contributed by atoms with van der Waals surface area (Å²) in [7, 11) is 0. The average Bonchev–Trinajstić information content (AvgIpc) is 1.62. The monoisotopic (exact) mass is 168 g/mol. The standard InChI is InChI=1S/C7H12O2.K.H/c1-5-6(8)9-7(2,3)4;;/h5H,1H2,2-4H3;;/q;+1;-1. The SMILES string of the molecule is C=CC(=O)OC(C)(C)C.[H-].[K+]. The molecule has 0 aromatic carbocycles. The van der Waals surface area contributed by atoms with Crippen LogP contribution in [0.5, 0.6) is 0 Å². The van der Waals surface area contributed by atoms with Crippen molar-refractivity contribution in [3.05, 3.63) is 12.7 Å². The summed E-state index contributed by atoms with van der Waals surface area (Å²) in [5.41, 5.74) is -0.398. The maximum absolute atomic E-state index is 10.5. The topological polar surface area (TPSA) is 26.3 Å². The van der Waals surface area contributed by atoms with E-state index < -0.39 is 5.60 Å². The van der Waals surface area contributed by atoms with Gasteiger partial charge in [-0.3, -0.25) is 0 Å². The van der Waals surface area contributed by atoms with Crippen LogP contribution in [-0.4, -0.2) is 11.6 Å². The fourth-order valence-electron chi connectivity index (χ4n) is 0.343. The van der Waals surface area contributed by atoms with E-state index in [0.717, 1.165) is 6.08 Å². The van der Waals surface area contributed by atoms with E-state index in [9.17, 15) is 4.79 Å². The Morgan fingerprint density at radius 3 is 2.10 bits per heavy atom. The van der Waals surface area contributed by atoms with Crippen molar-refractivity contribution in [2.75, 3.05) is 0 Å². The second kappa shape index (κ2) is 5.49. The summed E-state index contributed by atoms with van der Waals surface area (Å²) in [5, 5.41) is 0. The van der Waals surface area contributed by atoms with Gasteiger partial charge in [-0.15, -0.1) is 0 Å². The van der Waals surface area contributed by atoms with Gasteiger partial charge in [0.05, 0.1) is 0 Å². The molecular formula is C7H13KO2. The van der Waals surface area contributed by atoms with Gasteiger partial charge in [0.2, 0.25) is 0 Å². The Bertz CT molecular complexity index is 129. The molecule has 0 N–H and O–H groups in total. The maximum atomic E-state index is 10.5. The van der Waals surface area contributed by atoms with Gasteiger partial charge in [-0.1, -0.05) is 6.58 Å². The fourth-order valence-corrected chi connectivity index (χ4v) is 0.343. The van der Waals surface area contributed by atoms with E-state index >= 15 is 0 Å². The minimum absolute atomic E-state index is 0. The molecule has 0 saturated heterocycles. The summed E-state index contributed by atoms with van der Waals surface area (Å²) >= 11 is 0. The number of hydrogen-bond acceptors (Lipinski definition) is 2. The Morgan fingerprint density at radius 1 is 1.60 bits per heavy atom. The number of carbonyl (C=O) groups excluding carboxylic acids is 1. The summed E-state index contributed by atoms with van der Waals surface area (Å²) < 4.78 is 4.83. The van der Waals surface area contributed by atoms with Crippen LogP contribution in [-0.2, 0) is 9.53 Å². The van der Waals surface area contributed by atoms with Crippen LogP contribution in [0.4, 0.5) is 0 Å². The van der Waals surface area contributed by atoms with Crippen molar-refractivity contribution in [2.45, 2.75) is 26.4 Å². The molecule has 0 radical (unpaired) electrons. The molecule has 0 amide bonds. The molecule has 0 fully saturated rings. The molecule has 0 rings (SSSR count). The van der Waals surface area contributed by atoms with Gasteiger partial charge in [0, 0.05) is 6.08 Å². The van der Waals surface area contributed by atoms with Gasteiger partial charge in [0.1, 0.15) is 5.60 Å².